The number of aromatic nitrogens is 4. The van der Waals surface area contributed by atoms with Crippen LogP contribution < -0.4 is 10.9 Å². The van der Waals surface area contributed by atoms with Crippen LogP contribution in [0.1, 0.15) is 77.7 Å². The molecule has 1 aliphatic rings. The minimum absolute atomic E-state index is 0.123. The largest absolute Gasteiger partial charge is 0.326 e. The minimum Gasteiger partial charge on any atom is -0.326 e. The molecule has 1 aliphatic carbocycles. The molecule has 4 rings (SSSR count). The maximum Gasteiger partial charge on any atom is 0.277 e. The maximum absolute atomic E-state index is 13.0. The lowest BCUT2D eigenvalue weighted by Crippen LogP contribution is -2.26. The molecule has 0 atom stereocenters. The minimum atomic E-state index is -0.167. The Balaban J connectivity index is 1.71. The van der Waals surface area contributed by atoms with Crippen LogP contribution in [0.4, 0.5) is 5.69 Å². The smallest absolute Gasteiger partial charge is 0.277 e. The highest BCUT2D eigenvalue weighted by Crippen LogP contribution is 2.43. The number of amides is 1. The van der Waals surface area contributed by atoms with E-state index in [-0.39, 0.29) is 11.5 Å². The molecule has 32 heavy (non-hydrogen) atoms. The van der Waals surface area contributed by atoms with E-state index in [9.17, 15) is 9.59 Å². The first-order valence-electron chi connectivity index (χ1n) is 11.6. The first kappa shape index (κ1) is 22.2. The molecule has 7 nitrogen and oxygen atoms in total. The van der Waals surface area contributed by atoms with Gasteiger partial charge in [-0.3, -0.25) is 9.59 Å². The van der Waals surface area contributed by atoms with Crippen molar-refractivity contribution in [2.45, 2.75) is 72.6 Å². The molecule has 3 aromatic rings. The molecular weight excluding hydrogens is 402 g/mol. The Morgan fingerprint density at radius 1 is 1.16 bits per heavy atom. The van der Waals surface area contributed by atoms with E-state index in [1.165, 1.54) is 19.8 Å². The van der Waals surface area contributed by atoms with Crippen LogP contribution in [0.25, 0.3) is 16.9 Å². The van der Waals surface area contributed by atoms with Gasteiger partial charge in [-0.15, -0.1) is 5.10 Å². The van der Waals surface area contributed by atoms with Crippen LogP contribution in [0, 0.1) is 11.3 Å². The Morgan fingerprint density at radius 2 is 1.81 bits per heavy atom. The molecule has 1 saturated carbocycles. The number of fused-ring (bicyclic) bond motifs is 1. The van der Waals surface area contributed by atoms with Gasteiger partial charge in [0, 0.05) is 24.1 Å². The summed E-state index contributed by atoms with van der Waals surface area (Å²) < 4.78 is 1.79. The number of anilines is 1. The SMILES string of the molecule is CCc1nc(C2CCC(C(C)(C)C)CC2)n2nc(-c3ccc(NC(C)=O)cc3)[nH]c(=O)c12. The fourth-order valence-electron chi connectivity index (χ4n) is 4.87. The Bertz CT molecular complexity index is 1180. The van der Waals surface area contributed by atoms with Gasteiger partial charge < -0.3 is 10.3 Å². The molecule has 2 heterocycles. The lowest BCUT2D eigenvalue weighted by Gasteiger charge is -2.36. The quantitative estimate of drug-likeness (QED) is 0.608. The van der Waals surface area contributed by atoms with Crippen LogP contribution in [0.15, 0.2) is 29.1 Å². The lowest BCUT2D eigenvalue weighted by molar-refractivity contribution is -0.114. The molecule has 0 bridgehead atoms. The number of hydrogen-bond donors (Lipinski definition) is 2. The number of imidazole rings is 1. The zero-order valence-corrected chi connectivity index (χ0v) is 19.7. The highest BCUT2D eigenvalue weighted by molar-refractivity contribution is 5.88. The first-order chi connectivity index (χ1) is 15.2. The van der Waals surface area contributed by atoms with Crippen LogP contribution in [0.5, 0.6) is 0 Å². The number of hydrogen-bond acceptors (Lipinski definition) is 4. The van der Waals surface area contributed by atoms with Crippen LogP contribution in [0.2, 0.25) is 0 Å². The van der Waals surface area contributed by atoms with Crippen molar-refractivity contribution in [1.29, 1.82) is 0 Å². The van der Waals surface area contributed by atoms with Crippen molar-refractivity contribution in [3.8, 4) is 11.4 Å². The highest BCUT2D eigenvalue weighted by Gasteiger charge is 2.32. The van der Waals surface area contributed by atoms with Crippen molar-refractivity contribution in [2.24, 2.45) is 11.3 Å². The molecule has 1 fully saturated rings. The number of aryl methyl sites for hydroxylation is 1. The average molecular weight is 436 g/mol. The zero-order valence-electron chi connectivity index (χ0n) is 19.7. The fourth-order valence-corrected chi connectivity index (χ4v) is 4.87. The van der Waals surface area contributed by atoms with Gasteiger partial charge in [0.25, 0.3) is 5.56 Å². The molecule has 0 aliphatic heterocycles. The van der Waals surface area contributed by atoms with E-state index >= 15 is 0 Å². The van der Waals surface area contributed by atoms with E-state index in [1.54, 1.807) is 16.6 Å². The standard InChI is InChI=1S/C25H33N5O2/c1-6-20-21-24(32)28-22(16-9-13-19(14-10-16)26-15(2)31)29-30(21)23(27-20)17-7-11-18(12-8-17)25(3,4)5/h9-10,13-14,17-18H,6-8,11-12H2,1-5H3,(H,26,31)(H,28,29,32). The number of carbonyl (C=O) groups excluding carboxylic acids is 1. The van der Waals surface area contributed by atoms with Gasteiger partial charge in [-0.05, 0) is 67.7 Å². The Morgan fingerprint density at radius 3 is 2.38 bits per heavy atom. The van der Waals surface area contributed by atoms with Crippen LogP contribution in [-0.4, -0.2) is 25.5 Å². The lowest BCUT2D eigenvalue weighted by atomic mass is 9.70. The van der Waals surface area contributed by atoms with Gasteiger partial charge in [-0.2, -0.15) is 0 Å². The third kappa shape index (κ3) is 4.33. The molecule has 170 valence electrons. The topological polar surface area (TPSA) is 92.2 Å². The number of nitrogens with zero attached hydrogens (tertiary/aromatic N) is 3. The summed E-state index contributed by atoms with van der Waals surface area (Å²) in [5, 5.41) is 7.57. The predicted octanol–water partition coefficient (Wildman–Crippen LogP) is 4.93. The van der Waals surface area contributed by atoms with Crippen molar-refractivity contribution < 1.29 is 4.79 Å². The van der Waals surface area contributed by atoms with E-state index < -0.39 is 0 Å². The van der Waals surface area contributed by atoms with E-state index in [1.807, 2.05) is 19.1 Å². The fraction of sp³-hybridized carbons (Fsp3) is 0.520. The Hall–Kier alpha value is -2.96. The van der Waals surface area contributed by atoms with Crippen LogP contribution >= 0.6 is 0 Å². The molecule has 0 unspecified atom stereocenters. The van der Waals surface area contributed by atoms with Gasteiger partial charge in [0.2, 0.25) is 5.91 Å². The second-order valence-electron chi connectivity index (χ2n) is 10.0. The van der Waals surface area contributed by atoms with Gasteiger partial charge >= 0.3 is 0 Å². The number of benzene rings is 1. The average Bonchev–Trinajstić information content (AvgIpc) is 3.12. The summed E-state index contributed by atoms with van der Waals surface area (Å²) in [5.41, 5.74) is 3.00. The summed E-state index contributed by atoms with van der Waals surface area (Å²) in [5.74, 6) is 2.31. The van der Waals surface area contributed by atoms with Crippen molar-refractivity contribution >= 4 is 17.1 Å². The first-order valence-corrected chi connectivity index (χ1v) is 11.6. The Labute approximate surface area is 188 Å². The summed E-state index contributed by atoms with van der Waals surface area (Å²) in [6, 6.07) is 7.31. The molecule has 0 radical (unpaired) electrons. The summed E-state index contributed by atoms with van der Waals surface area (Å²) in [7, 11) is 0. The molecule has 7 heteroatoms. The normalized spacial score (nSPS) is 19.3. The maximum atomic E-state index is 13.0. The number of rotatable bonds is 4. The van der Waals surface area contributed by atoms with Crippen molar-refractivity contribution in [3.05, 3.63) is 46.1 Å². The third-order valence-corrected chi connectivity index (χ3v) is 6.73. The second-order valence-corrected chi connectivity index (χ2v) is 10.0. The zero-order chi connectivity index (χ0) is 23.0. The number of H-pyrrole nitrogens is 1. The van der Waals surface area contributed by atoms with Gasteiger partial charge in [0.05, 0.1) is 5.69 Å². The molecular formula is C25H33N5O2. The Kier molecular flexibility index (Phi) is 5.93. The second kappa shape index (κ2) is 8.52. The summed E-state index contributed by atoms with van der Waals surface area (Å²) >= 11 is 0. The van der Waals surface area contributed by atoms with Crippen molar-refractivity contribution in [3.63, 3.8) is 0 Å². The van der Waals surface area contributed by atoms with Gasteiger partial charge in [0.1, 0.15) is 5.82 Å². The predicted molar refractivity (Wildman–Crippen MR) is 127 cm³/mol. The van der Waals surface area contributed by atoms with Crippen LogP contribution in [-0.2, 0) is 11.2 Å². The molecule has 2 N–H and O–H groups in total. The monoisotopic (exact) mass is 435 g/mol. The molecule has 2 aromatic heterocycles. The van der Waals surface area contributed by atoms with Gasteiger partial charge in [-0.25, -0.2) is 9.50 Å². The molecule has 0 spiro atoms. The van der Waals surface area contributed by atoms with Gasteiger partial charge in [0.15, 0.2) is 11.3 Å². The van der Waals surface area contributed by atoms with E-state index in [0.717, 1.165) is 29.9 Å². The van der Waals surface area contributed by atoms with E-state index in [0.29, 0.717) is 40.7 Å². The van der Waals surface area contributed by atoms with Crippen molar-refractivity contribution in [2.75, 3.05) is 5.32 Å². The van der Waals surface area contributed by atoms with Gasteiger partial charge in [-0.1, -0.05) is 27.7 Å². The molecule has 1 amide bonds. The number of aromatic amines is 1. The molecule has 0 saturated heterocycles. The van der Waals surface area contributed by atoms with E-state index in [2.05, 4.69) is 31.1 Å². The highest BCUT2D eigenvalue weighted by atomic mass is 16.1. The summed E-state index contributed by atoms with van der Waals surface area (Å²) in [4.78, 5) is 32.1. The van der Waals surface area contributed by atoms with Crippen molar-refractivity contribution in [1.82, 2.24) is 19.6 Å². The summed E-state index contributed by atoms with van der Waals surface area (Å²) in [6.45, 7) is 10.5. The number of nitrogens with one attached hydrogen (secondary N) is 2. The number of carbonyl (C=O) groups is 1. The molecule has 1 aromatic carbocycles. The van der Waals surface area contributed by atoms with E-state index in [4.69, 9.17) is 10.1 Å². The summed E-state index contributed by atoms with van der Waals surface area (Å²) in [6.07, 6.45) is 5.17. The van der Waals surface area contributed by atoms with Crippen LogP contribution in [0.3, 0.4) is 0 Å². The third-order valence-electron chi connectivity index (χ3n) is 6.73.